The zero-order valence-electron chi connectivity index (χ0n) is 12.8. The summed E-state index contributed by atoms with van der Waals surface area (Å²) in [6.07, 6.45) is 6.77. The van der Waals surface area contributed by atoms with Crippen LogP contribution in [0.3, 0.4) is 0 Å². The highest BCUT2D eigenvalue weighted by atomic mass is 14.8. The number of fused-ring (bicyclic) bond motifs is 5. The molecule has 0 aromatic heterocycles. The van der Waals surface area contributed by atoms with Crippen molar-refractivity contribution in [2.24, 2.45) is 35.3 Å². The molecule has 0 radical (unpaired) electrons. The second kappa shape index (κ2) is 4.59. The quantitative estimate of drug-likeness (QED) is 0.875. The van der Waals surface area contributed by atoms with Gasteiger partial charge in [0.05, 0.1) is 0 Å². The fourth-order valence-corrected chi connectivity index (χ4v) is 5.62. The van der Waals surface area contributed by atoms with E-state index in [1.165, 1.54) is 36.0 Å². The maximum Gasteiger partial charge on any atom is 0.0329 e. The first-order valence-electron chi connectivity index (χ1n) is 8.61. The monoisotopic (exact) mass is 269 g/mol. The molecule has 3 aliphatic carbocycles. The van der Waals surface area contributed by atoms with Crippen molar-refractivity contribution in [3.05, 3.63) is 34.9 Å². The van der Waals surface area contributed by atoms with Gasteiger partial charge >= 0.3 is 0 Å². The largest absolute Gasteiger partial charge is 0.324 e. The van der Waals surface area contributed by atoms with Crippen molar-refractivity contribution in [3.8, 4) is 0 Å². The molecule has 5 unspecified atom stereocenters. The van der Waals surface area contributed by atoms with E-state index in [0.29, 0.717) is 6.04 Å². The van der Waals surface area contributed by atoms with Crippen molar-refractivity contribution in [2.75, 3.05) is 0 Å². The number of benzene rings is 1. The SMILES string of the molecule is CCc1ccc(C(N)C2C3C4CCC(C4)C32)cc1CC. The fraction of sp³-hybridized carbons (Fsp3) is 0.684. The van der Waals surface area contributed by atoms with E-state index in [1.807, 2.05) is 0 Å². The molecule has 2 bridgehead atoms. The molecule has 0 saturated heterocycles. The highest BCUT2D eigenvalue weighted by molar-refractivity contribution is 5.35. The van der Waals surface area contributed by atoms with E-state index in [1.54, 1.807) is 0 Å². The minimum atomic E-state index is 0.296. The fourth-order valence-electron chi connectivity index (χ4n) is 5.62. The van der Waals surface area contributed by atoms with E-state index in [2.05, 4.69) is 32.0 Å². The molecule has 0 amide bonds. The Morgan fingerprint density at radius 1 is 1.05 bits per heavy atom. The Morgan fingerprint density at radius 3 is 2.30 bits per heavy atom. The normalized spacial score (nSPS) is 38.9. The number of hydrogen-bond acceptors (Lipinski definition) is 1. The van der Waals surface area contributed by atoms with Crippen LogP contribution in [0.5, 0.6) is 0 Å². The van der Waals surface area contributed by atoms with Gasteiger partial charge in [0.1, 0.15) is 0 Å². The summed E-state index contributed by atoms with van der Waals surface area (Å²) in [6, 6.07) is 7.32. The summed E-state index contributed by atoms with van der Waals surface area (Å²) in [4.78, 5) is 0. The Kier molecular flexibility index (Phi) is 2.96. The third-order valence-corrected chi connectivity index (χ3v) is 6.59. The lowest BCUT2D eigenvalue weighted by Gasteiger charge is -2.18. The van der Waals surface area contributed by atoms with Gasteiger partial charge in [-0.05, 0) is 78.4 Å². The summed E-state index contributed by atoms with van der Waals surface area (Å²) in [7, 11) is 0. The lowest BCUT2D eigenvalue weighted by Crippen LogP contribution is -2.18. The van der Waals surface area contributed by atoms with Crippen LogP contribution in [0, 0.1) is 29.6 Å². The van der Waals surface area contributed by atoms with Crippen molar-refractivity contribution < 1.29 is 0 Å². The van der Waals surface area contributed by atoms with Crippen LogP contribution < -0.4 is 5.73 Å². The molecule has 4 rings (SSSR count). The van der Waals surface area contributed by atoms with E-state index in [0.717, 1.165) is 42.4 Å². The Hall–Kier alpha value is -0.820. The third-order valence-electron chi connectivity index (χ3n) is 6.59. The first-order chi connectivity index (χ1) is 9.74. The molecule has 3 saturated carbocycles. The van der Waals surface area contributed by atoms with E-state index in [9.17, 15) is 0 Å². The second-order valence-electron chi connectivity index (χ2n) is 7.33. The minimum absolute atomic E-state index is 0.296. The van der Waals surface area contributed by atoms with Crippen molar-refractivity contribution in [3.63, 3.8) is 0 Å². The van der Waals surface area contributed by atoms with Gasteiger partial charge in [-0.25, -0.2) is 0 Å². The Labute approximate surface area is 122 Å². The molecule has 3 aliphatic rings. The van der Waals surface area contributed by atoms with Crippen molar-refractivity contribution in [1.82, 2.24) is 0 Å². The van der Waals surface area contributed by atoms with Gasteiger partial charge < -0.3 is 5.73 Å². The van der Waals surface area contributed by atoms with E-state index in [-0.39, 0.29) is 0 Å². The molecular weight excluding hydrogens is 242 g/mol. The molecule has 1 aromatic rings. The van der Waals surface area contributed by atoms with Crippen molar-refractivity contribution >= 4 is 0 Å². The highest BCUT2D eigenvalue weighted by Gasteiger charge is 2.66. The lowest BCUT2D eigenvalue weighted by atomic mass is 9.91. The average Bonchev–Trinajstić information content (AvgIpc) is 2.92. The van der Waals surface area contributed by atoms with Crippen LogP contribution >= 0.6 is 0 Å². The minimum Gasteiger partial charge on any atom is -0.324 e. The summed E-state index contributed by atoms with van der Waals surface area (Å²) in [5.74, 6) is 4.83. The number of rotatable bonds is 4. The van der Waals surface area contributed by atoms with Gasteiger partial charge in [0.15, 0.2) is 0 Å². The van der Waals surface area contributed by atoms with Gasteiger partial charge in [-0.2, -0.15) is 0 Å². The topological polar surface area (TPSA) is 26.0 Å². The molecule has 1 heteroatoms. The van der Waals surface area contributed by atoms with Crippen LogP contribution in [-0.4, -0.2) is 0 Å². The van der Waals surface area contributed by atoms with E-state index in [4.69, 9.17) is 5.73 Å². The zero-order valence-corrected chi connectivity index (χ0v) is 12.8. The van der Waals surface area contributed by atoms with Crippen LogP contribution in [0.1, 0.15) is 55.8 Å². The summed E-state index contributed by atoms with van der Waals surface area (Å²) in [5, 5.41) is 0. The van der Waals surface area contributed by atoms with Gasteiger partial charge in [0.25, 0.3) is 0 Å². The Morgan fingerprint density at radius 2 is 1.70 bits per heavy atom. The van der Waals surface area contributed by atoms with Crippen LogP contribution in [-0.2, 0) is 12.8 Å². The maximum absolute atomic E-state index is 6.66. The van der Waals surface area contributed by atoms with Crippen LogP contribution in [0.25, 0.3) is 0 Å². The number of aryl methyl sites for hydroxylation is 2. The molecule has 0 heterocycles. The van der Waals surface area contributed by atoms with Gasteiger partial charge in [-0.15, -0.1) is 0 Å². The number of nitrogens with two attached hydrogens (primary N) is 1. The van der Waals surface area contributed by atoms with Crippen molar-refractivity contribution in [1.29, 1.82) is 0 Å². The molecule has 0 aliphatic heterocycles. The molecule has 3 fully saturated rings. The van der Waals surface area contributed by atoms with E-state index >= 15 is 0 Å². The highest BCUT2D eigenvalue weighted by Crippen LogP contribution is 2.71. The maximum atomic E-state index is 6.66. The standard InChI is InChI=1S/C19H27N/c1-3-11-5-8-15(9-12(11)4-2)19(20)18-16-13-6-7-14(10-13)17(16)18/h5,8-9,13-14,16-19H,3-4,6-7,10,20H2,1-2H3. The molecular formula is C19H27N. The molecule has 1 aromatic carbocycles. The van der Waals surface area contributed by atoms with Crippen molar-refractivity contribution in [2.45, 2.75) is 52.0 Å². The van der Waals surface area contributed by atoms with Crippen LogP contribution in [0.4, 0.5) is 0 Å². The molecule has 108 valence electrons. The average molecular weight is 269 g/mol. The van der Waals surface area contributed by atoms with Crippen LogP contribution in [0.2, 0.25) is 0 Å². The first kappa shape index (κ1) is 12.9. The predicted molar refractivity (Wildman–Crippen MR) is 83.4 cm³/mol. The molecule has 2 N–H and O–H groups in total. The first-order valence-corrected chi connectivity index (χ1v) is 8.61. The van der Waals surface area contributed by atoms with E-state index < -0.39 is 0 Å². The number of hydrogen-bond donors (Lipinski definition) is 1. The second-order valence-corrected chi connectivity index (χ2v) is 7.33. The molecule has 0 spiro atoms. The van der Waals surface area contributed by atoms with Gasteiger partial charge in [-0.1, -0.05) is 32.0 Å². The van der Waals surface area contributed by atoms with Gasteiger partial charge in [0.2, 0.25) is 0 Å². The Balaban J connectivity index is 1.56. The van der Waals surface area contributed by atoms with Gasteiger partial charge in [-0.3, -0.25) is 0 Å². The smallest absolute Gasteiger partial charge is 0.0329 e. The third kappa shape index (κ3) is 1.72. The summed E-state index contributed by atoms with van der Waals surface area (Å²) in [5.41, 5.74) is 11.1. The molecule has 1 nitrogen and oxygen atoms in total. The Bertz CT molecular complexity index is 504. The predicted octanol–water partition coefficient (Wildman–Crippen LogP) is 4.10. The molecule has 20 heavy (non-hydrogen) atoms. The van der Waals surface area contributed by atoms with Gasteiger partial charge in [0, 0.05) is 6.04 Å². The zero-order chi connectivity index (χ0) is 13.9. The molecule has 5 atom stereocenters. The summed E-state index contributed by atoms with van der Waals surface area (Å²) in [6.45, 7) is 4.51. The van der Waals surface area contributed by atoms with Crippen LogP contribution in [0.15, 0.2) is 18.2 Å². The summed E-state index contributed by atoms with van der Waals surface area (Å²) >= 11 is 0. The lowest BCUT2D eigenvalue weighted by molar-refractivity contribution is 0.417. The summed E-state index contributed by atoms with van der Waals surface area (Å²) < 4.78 is 0.